The van der Waals surface area contributed by atoms with E-state index in [1.807, 2.05) is 0 Å². The Morgan fingerprint density at radius 3 is 3.08 bits per heavy atom. The normalized spacial score (nSPS) is 24.2. The third-order valence-electron chi connectivity index (χ3n) is 2.47. The molecule has 0 bridgehead atoms. The first-order chi connectivity index (χ1) is 6.18. The zero-order chi connectivity index (χ0) is 9.68. The van der Waals surface area contributed by atoms with Gasteiger partial charge in [0.25, 0.3) is 0 Å². The minimum Gasteiger partial charge on any atom is -0.352 e. The van der Waals surface area contributed by atoms with Gasteiger partial charge < -0.3 is 16.0 Å². The van der Waals surface area contributed by atoms with Crippen molar-refractivity contribution >= 4 is 6.03 Å². The number of primary amides is 1. The maximum absolute atomic E-state index is 10.4. The van der Waals surface area contributed by atoms with Gasteiger partial charge in [-0.1, -0.05) is 6.92 Å². The van der Waals surface area contributed by atoms with Crippen LogP contribution in [-0.2, 0) is 0 Å². The first kappa shape index (κ1) is 10.3. The number of carbonyl (C=O) groups is 1. The third kappa shape index (κ3) is 4.12. The summed E-state index contributed by atoms with van der Waals surface area (Å²) < 4.78 is 0. The fraction of sp³-hybridized carbons (Fsp3) is 0.889. The Balaban J connectivity index is 2.10. The molecule has 0 saturated carbocycles. The molecule has 0 radical (unpaired) electrons. The zero-order valence-electron chi connectivity index (χ0n) is 8.25. The van der Waals surface area contributed by atoms with Crippen molar-refractivity contribution in [3.05, 3.63) is 0 Å². The highest BCUT2D eigenvalue weighted by Crippen LogP contribution is 2.14. The molecule has 1 rings (SSSR count). The zero-order valence-corrected chi connectivity index (χ0v) is 8.25. The van der Waals surface area contributed by atoms with Crippen molar-refractivity contribution in [2.45, 2.75) is 19.8 Å². The quantitative estimate of drug-likeness (QED) is 0.668. The van der Waals surface area contributed by atoms with Gasteiger partial charge in [0.2, 0.25) is 0 Å². The maximum Gasteiger partial charge on any atom is 0.312 e. The van der Waals surface area contributed by atoms with Crippen LogP contribution in [0, 0.1) is 5.92 Å². The van der Waals surface area contributed by atoms with Crippen LogP contribution in [-0.4, -0.2) is 37.1 Å². The second-order valence-electron chi connectivity index (χ2n) is 3.84. The van der Waals surface area contributed by atoms with Gasteiger partial charge in [-0.2, -0.15) is 0 Å². The maximum atomic E-state index is 10.4. The molecule has 2 amide bonds. The smallest absolute Gasteiger partial charge is 0.312 e. The van der Waals surface area contributed by atoms with Crippen molar-refractivity contribution in [1.29, 1.82) is 0 Å². The highest BCUT2D eigenvalue weighted by atomic mass is 16.2. The number of likely N-dealkylation sites (tertiary alicyclic amines) is 1. The van der Waals surface area contributed by atoms with Crippen molar-refractivity contribution in [1.82, 2.24) is 10.2 Å². The van der Waals surface area contributed by atoms with Gasteiger partial charge in [0.05, 0.1) is 0 Å². The summed E-state index contributed by atoms with van der Waals surface area (Å²) in [6.07, 6.45) is 2.61. The van der Waals surface area contributed by atoms with Gasteiger partial charge in [-0.15, -0.1) is 0 Å². The number of nitrogens with two attached hydrogens (primary N) is 1. The summed E-state index contributed by atoms with van der Waals surface area (Å²) in [5, 5.41) is 2.60. The molecule has 1 heterocycles. The molecule has 0 aromatic rings. The Morgan fingerprint density at radius 2 is 2.46 bits per heavy atom. The molecular formula is C9H19N3O. The minimum atomic E-state index is -0.426. The van der Waals surface area contributed by atoms with E-state index in [0.717, 1.165) is 25.6 Å². The van der Waals surface area contributed by atoms with Crippen LogP contribution < -0.4 is 11.1 Å². The van der Waals surface area contributed by atoms with Crippen molar-refractivity contribution in [3.63, 3.8) is 0 Å². The highest BCUT2D eigenvalue weighted by Gasteiger charge is 2.15. The number of carbonyl (C=O) groups excluding carboxylic acids is 1. The summed E-state index contributed by atoms with van der Waals surface area (Å²) in [6.45, 7) is 6.17. The van der Waals surface area contributed by atoms with Gasteiger partial charge >= 0.3 is 6.03 Å². The average molecular weight is 185 g/mol. The van der Waals surface area contributed by atoms with Gasteiger partial charge in [0.1, 0.15) is 0 Å². The van der Waals surface area contributed by atoms with Crippen molar-refractivity contribution in [2.24, 2.45) is 11.7 Å². The Bertz CT molecular complexity index is 172. The molecule has 1 unspecified atom stereocenters. The summed E-state index contributed by atoms with van der Waals surface area (Å²) in [7, 11) is 0. The van der Waals surface area contributed by atoms with Crippen LogP contribution in [0.1, 0.15) is 19.8 Å². The number of hydrogen-bond donors (Lipinski definition) is 2. The predicted octanol–water partition coefficient (Wildman–Crippen LogP) is 0.387. The molecule has 4 nitrogen and oxygen atoms in total. The topological polar surface area (TPSA) is 58.4 Å². The van der Waals surface area contributed by atoms with Crippen LogP contribution in [0.2, 0.25) is 0 Å². The SMILES string of the molecule is CC1CCCN(CCNC(N)=O)C1. The van der Waals surface area contributed by atoms with Crippen LogP contribution in [0.4, 0.5) is 4.79 Å². The largest absolute Gasteiger partial charge is 0.352 e. The van der Waals surface area contributed by atoms with Crippen molar-refractivity contribution in [3.8, 4) is 0 Å². The molecule has 0 aromatic carbocycles. The molecule has 1 aliphatic rings. The molecule has 0 aromatic heterocycles. The number of nitrogens with zero attached hydrogens (tertiary/aromatic N) is 1. The molecule has 4 heteroatoms. The van der Waals surface area contributed by atoms with E-state index in [-0.39, 0.29) is 0 Å². The van der Waals surface area contributed by atoms with Crippen molar-refractivity contribution in [2.75, 3.05) is 26.2 Å². The fourth-order valence-corrected chi connectivity index (χ4v) is 1.83. The number of urea groups is 1. The van der Waals surface area contributed by atoms with Gasteiger partial charge in [0, 0.05) is 19.6 Å². The lowest BCUT2D eigenvalue weighted by Crippen LogP contribution is -2.41. The predicted molar refractivity (Wildman–Crippen MR) is 52.4 cm³/mol. The Kier molecular flexibility index (Phi) is 4.02. The molecule has 0 spiro atoms. The Labute approximate surface area is 79.5 Å². The molecule has 1 saturated heterocycles. The monoisotopic (exact) mass is 185 g/mol. The van der Waals surface area contributed by atoms with Crippen LogP contribution in [0.3, 0.4) is 0 Å². The minimum absolute atomic E-state index is 0.426. The van der Waals surface area contributed by atoms with Gasteiger partial charge in [0.15, 0.2) is 0 Å². The van der Waals surface area contributed by atoms with E-state index in [1.54, 1.807) is 0 Å². The number of nitrogens with one attached hydrogen (secondary N) is 1. The molecule has 3 N–H and O–H groups in total. The summed E-state index contributed by atoms with van der Waals surface area (Å²) >= 11 is 0. The summed E-state index contributed by atoms with van der Waals surface area (Å²) in [5.41, 5.74) is 4.97. The molecule has 0 aliphatic carbocycles. The average Bonchev–Trinajstić information content (AvgIpc) is 2.03. The summed E-state index contributed by atoms with van der Waals surface area (Å²) in [4.78, 5) is 12.8. The molecule has 76 valence electrons. The van der Waals surface area contributed by atoms with Gasteiger partial charge in [-0.05, 0) is 25.3 Å². The third-order valence-corrected chi connectivity index (χ3v) is 2.47. The second-order valence-corrected chi connectivity index (χ2v) is 3.84. The van der Waals surface area contributed by atoms with E-state index in [2.05, 4.69) is 17.1 Å². The van der Waals surface area contributed by atoms with E-state index in [9.17, 15) is 4.79 Å². The van der Waals surface area contributed by atoms with Crippen LogP contribution in [0.5, 0.6) is 0 Å². The van der Waals surface area contributed by atoms with E-state index in [4.69, 9.17) is 5.73 Å². The number of piperidine rings is 1. The lowest BCUT2D eigenvalue weighted by Gasteiger charge is -2.30. The van der Waals surface area contributed by atoms with Crippen LogP contribution in [0.15, 0.2) is 0 Å². The molecular weight excluding hydrogens is 166 g/mol. The number of hydrogen-bond acceptors (Lipinski definition) is 2. The van der Waals surface area contributed by atoms with E-state index < -0.39 is 6.03 Å². The molecule has 13 heavy (non-hydrogen) atoms. The van der Waals surface area contributed by atoms with Crippen molar-refractivity contribution < 1.29 is 4.79 Å². The second kappa shape index (κ2) is 5.07. The molecule has 1 fully saturated rings. The molecule has 1 atom stereocenters. The lowest BCUT2D eigenvalue weighted by molar-refractivity contribution is 0.184. The Morgan fingerprint density at radius 1 is 1.69 bits per heavy atom. The van der Waals surface area contributed by atoms with E-state index in [1.165, 1.54) is 12.8 Å². The summed E-state index contributed by atoms with van der Waals surface area (Å²) in [5.74, 6) is 0.794. The Hall–Kier alpha value is -0.770. The standard InChI is InChI=1S/C9H19N3O/c1-8-3-2-5-12(7-8)6-4-11-9(10)13/h8H,2-7H2,1H3,(H3,10,11,13). The van der Waals surface area contributed by atoms with Gasteiger partial charge in [-0.25, -0.2) is 4.79 Å². The lowest BCUT2D eigenvalue weighted by atomic mass is 10.0. The van der Waals surface area contributed by atoms with Gasteiger partial charge in [-0.3, -0.25) is 0 Å². The first-order valence-corrected chi connectivity index (χ1v) is 4.94. The fourth-order valence-electron chi connectivity index (χ4n) is 1.83. The van der Waals surface area contributed by atoms with Crippen LogP contribution >= 0.6 is 0 Å². The first-order valence-electron chi connectivity index (χ1n) is 4.94. The highest BCUT2D eigenvalue weighted by molar-refractivity contribution is 5.71. The van der Waals surface area contributed by atoms with E-state index in [0.29, 0.717) is 6.54 Å². The van der Waals surface area contributed by atoms with Crippen LogP contribution in [0.25, 0.3) is 0 Å². The number of rotatable bonds is 3. The number of amides is 2. The van der Waals surface area contributed by atoms with E-state index >= 15 is 0 Å². The summed E-state index contributed by atoms with van der Waals surface area (Å²) in [6, 6.07) is -0.426. The molecule has 1 aliphatic heterocycles.